The Balaban J connectivity index is 1.87. The molecule has 0 amide bonds. The van der Waals surface area contributed by atoms with Crippen molar-refractivity contribution in [2.75, 3.05) is 13.1 Å². The average Bonchev–Trinajstić information content (AvgIpc) is 2.87. The summed E-state index contributed by atoms with van der Waals surface area (Å²) < 4.78 is 28.9. The molecule has 3 rings (SSSR count). The van der Waals surface area contributed by atoms with Gasteiger partial charge >= 0.3 is 0 Å². The Morgan fingerprint density at radius 3 is 2.70 bits per heavy atom. The second-order valence-corrected chi connectivity index (χ2v) is 7.95. The maximum atomic E-state index is 12.9. The molecule has 0 spiro atoms. The van der Waals surface area contributed by atoms with E-state index in [9.17, 15) is 8.42 Å². The van der Waals surface area contributed by atoms with Gasteiger partial charge in [0.25, 0.3) is 0 Å². The smallest absolute Gasteiger partial charge is 0.246 e. The zero-order valence-electron chi connectivity index (χ0n) is 13.6. The normalized spacial score (nSPS) is 19.9. The molecule has 1 aliphatic heterocycles. The first-order valence-electron chi connectivity index (χ1n) is 7.67. The quantitative estimate of drug-likeness (QED) is 0.847. The number of nitrogens with zero attached hydrogens (tertiary/aromatic N) is 5. The van der Waals surface area contributed by atoms with Gasteiger partial charge in [-0.2, -0.15) is 9.40 Å². The summed E-state index contributed by atoms with van der Waals surface area (Å²) >= 11 is 0. The second-order valence-electron chi connectivity index (χ2n) is 6.04. The minimum Gasteiger partial charge on any atom is -0.274 e. The van der Waals surface area contributed by atoms with Crippen LogP contribution in [0.5, 0.6) is 0 Å². The van der Waals surface area contributed by atoms with Crippen LogP contribution in [0.25, 0.3) is 0 Å². The lowest BCUT2D eigenvalue weighted by atomic mass is 9.96. The van der Waals surface area contributed by atoms with Crippen LogP contribution in [-0.2, 0) is 17.1 Å². The molecule has 7 nitrogen and oxygen atoms in total. The highest BCUT2D eigenvalue weighted by Gasteiger charge is 2.33. The Bertz CT molecular complexity index is 815. The van der Waals surface area contributed by atoms with Crippen molar-refractivity contribution in [1.29, 1.82) is 0 Å². The standard InChI is InChI=1S/C15H21N5O2S/c1-11-7-16-8-14(17-11)13-5-4-6-20(9-13)23(21,22)15-10-19(3)18-12(15)2/h7-8,10,13H,4-6,9H2,1-3H3/t13-/m1/s1. The number of aromatic nitrogens is 4. The fraction of sp³-hybridized carbons (Fsp3) is 0.533. The molecule has 2 aromatic heterocycles. The van der Waals surface area contributed by atoms with E-state index in [2.05, 4.69) is 15.1 Å². The lowest BCUT2D eigenvalue weighted by molar-refractivity contribution is 0.312. The molecule has 0 aliphatic carbocycles. The van der Waals surface area contributed by atoms with Crippen molar-refractivity contribution in [3.05, 3.63) is 35.7 Å². The van der Waals surface area contributed by atoms with Crippen molar-refractivity contribution in [3.63, 3.8) is 0 Å². The summed E-state index contributed by atoms with van der Waals surface area (Å²) in [6.07, 6.45) is 6.76. The lowest BCUT2D eigenvalue weighted by Crippen LogP contribution is -2.39. The van der Waals surface area contributed by atoms with Gasteiger partial charge in [0.15, 0.2) is 0 Å². The molecular weight excluding hydrogens is 314 g/mol. The third-order valence-electron chi connectivity index (χ3n) is 4.16. The molecule has 0 saturated carbocycles. The fourth-order valence-electron chi connectivity index (χ4n) is 3.05. The molecule has 3 heterocycles. The van der Waals surface area contributed by atoms with Crippen LogP contribution in [0.1, 0.15) is 35.8 Å². The predicted octanol–water partition coefficient (Wildman–Crippen LogP) is 1.40. The Hall–Kier alpha value is -1.80. The minimum absolute atomic E-state index is 0.0860. The molecule has 23 heavy (non-hydrogen) atoms. The Kier molecular flexibility index (Phi) is 4.20. The highest BCUT2D eigenvalue weighted by molar-refractivity contribution is 7.89. The molecule has 1 aliphatic rings. The molecule has 1 saturated heterocycles. The number of piperidine rings is 1. The maximum Gasteiger partial charge on any atom is 0.246 e. The summed E-state index contributed by atoms with van der Waals surface area (Å²) in [6, 6.07) is 0. The molecule has 0 radical (unpaired) electrons. The molecule has 124 valence electrons. The van der Waals surface area contributed by atoms with Gasteiger partial charge in [0.05, 0.1) is 17.1 Å². The van der Waals surface area contributed by atoms with E-state index in [-0.39, 0.29) is 10.8 Å². The Morgan fingerprint density at radius 1 is 1.26 bits per heavy atom. The maximum absolute atomic E-state index is 12.9. The largest absolute Gasteiger partial charge is 0.274 e. The topological polar surface area (TPSA) is 81.0 Å². The van der Waals surface area contributed by atoms with E-state index in [0.717, 1.165) is 24.2 Å². The van der Waals surface area contributed by atoms with Crippen molar-refractivity contribution in [1.82, 2.24) is 24.1 Å². The molecule has 0 aromatic carbocycles. The van der Waals surface area contributed by atoms with E-state index in [1.807, 2.05) is 6.92 Å². The van der Waals surface area contributed by atoms with Gasteiger partial charge in [-0.1, -0.05) is 0 Å². The second kappa shape index (κ2) is 6.01. The lowest BCUT2D eigenvalue weighted by Gasteiger charge is -2.31. The summed E-state index contributed by atoms with van der Waals surface area (Å²) in [7, 11) is -1.79. The zero-order chi connectivity index (χ0) is 16.6. The van der Waals surface area contributed by atoms with Gasteiger partial charge in [-0.15, -0.1) is 0 Å². The van der Waals surface area contributed by atoms with Gasteiger partial charge < -0.3 is 0 Å². The molecule has 2 aromatic rings. The van der Waals surface area contributed by atoms with Crippen LogP contribution in [0.2, 0.25) is 0 Å². The van der Waals surface area contributed by atoms with Crippen molar-refractivity contribution < 1.29 is 8.42 Å². The SMILES string of the molecule is Cc1cncc([C@@H]2CCCN(S(=O)(=O)c3cn(C)nc3C)C2)n1. The minimum atomic E-state index is -3.52. The van der Waals surface area contributed by atoms with Crippen LogP contribution in [-0.4, -0.2) is 45.6 Å². The third kappa shape index (κ3) is 3.13. The van der Waals surface area contributed by atoms with Crippen LogP contribution in [0.15, 0.2) is 23.5 Å². The molecule has 0 unspecified atom stereocenters. The van der Waals surface area contributed by atoms with Gasteiger partial charge in [0, 0.05) is 44.6 Å². The summed E-state index contributed by atoms with van der Waals surface area (Å²) in [4.78, 5) is 8.97. The van der Waals surface area contributed by atoms with Gasteiger partial charge in [-0.25, -0.2) is 8.42 Å². The summed E-state index contributed by atoms with van der Waals surface area (Å²) in [5.41, 5.74) is 2.25. The average molecular weight is 335 g/mol. The van der Waals surface area contributed by atoms with Gasteiger partial charge in [-0.05, 0) is 26.7 Å². The monoisotopic (exact) mass is 335 g/mol. The highest BCUT2D eigenvalue weighted by Crippen LogP contribution is 2.29. The number of aryl methyl sites for hydroxylation is 3. The van der Waals surface area contributed by atoms with Gasteiger partial charge in [-0.3, -0.25) is 14.6 Å². The molecular formula is C15H21N5O2S. The fourth-order valence-corrected chi connectivity index (χ4v) is 4.78. The Labute approximate surface area is 136 Å². The highest BCUT2D eigenvalue weighted by atomic mass is 32.2. The molecule has 1 fully saturated rings. The van der Waals surface area contributed by atoms with E-state index < -0.39 is 10.0 Å². The Morgan fingerprint density at radius 2 is 2.04 bits per heavy atom. The van der Waals surface area contributed by atoms with E-state index >= 15 is 0 Å². The van der Waals surface area contributed by atoms with E-state index in [1.165, 1.54) is 4.68 Å². The summed E-state index contributed by atoms with van der Waals surface area (Å²) in [6.45, 7) is 4.59. The number of sulfonamides is 1. The molecule has 0 N–H and O–H groups in total. The predicted molar refractivity (Wildman–Crippen MR) is 85.4 cm³/mol. The van der Waals surface area contributed by atoms with Crippen molar-refractivity contribution >= 4 is 10.0 Å². The first-order chi connectivity index (χ1) is 10.9. The number of hydrogen-bond donors (Lipinski definition) is 0. The van der Waals surface area contributed by atoms with Crippen LogP contribution in [0.3, 0.4) is 0 Å². The van der Waals surface area contributed by atoms with Crippen LogP contribution in [0, 0.1) is 13.8 Å². The van der Waals surface area contributed by atoms with E-state index in [1.54, 1.807) is 36.9 Å². The molecule has 0 bridgehead atoms. The first-order valence-corrected chi connectivity index (χ1v) is 9.11. The van der Waals surface area contributed by atoms with E-state index in [0.29, 0.717) is 18.8 Å². The van der Waals surface area contributed by atoms with Crippen LogP contribution < -0.4 is 0 Å². The summed E-state index contributed by atoms with van der Waals surface area (Å²) in [5.74, 6) is 0.0860. The van der Waals surface area contributed by atoms with Crippen molar-refractivity contribution in [2.45, 2.75) is 37.5 Å². The number of rotatable bonds is 3. The van der Waals surface area contributed by atoms with Gasteiger partial charge in [0.1, 0.15) is 4.90 Å². The van der Waals surface area contributed by atoms with Crippen LogP contribution in [0.4, 0.5) is 0 Å². The van der Waals surface area contributed by atoms with Gasteiger partial charge in [0.2, 0.25) is 10.0 Å². The van der Waals surface area contributed by atoms with E-state index in [4.69, 9.17) is 0 Å². The first kappa shape index (κ1) is 16.1. The number of hydrogen-bond acceptors (Lipinski definition) is 5. The van der Waals surface area contributed by atoms with Crippen LogP contribution >= 0.6 is 0 Å². The third-order valence-corrected chi connectivity index (χ3v) is 6.13. The van der Waals surface area contributed by atoms with Crippen molar-refractivity contribution in [2.24, 2.45) is 7.05 Å². The summed E-state index contributed by atoms with van der Waals surface area (Å²) in [5, 5.41) is 4.15. The molecule has 1 atom stereocenters. The van der Waals surface area contributed by atoms with Crippen molar-refractivity contribution in [3.8, 4) is 0 Å². The zero-order valence-corrected chi connectivity index (χ0v) is 14.4. The molecule has 8 heteroatoms.